The van der Waals surface area contributed by atoms with Crippen molar-refractivity contribution in [3.8, 4) is 0 Å². The van der Waals surface area contributed by atoms with E-state index in [9.17, 15) is 14.7 Å². The number of rotatable bonds is 5. The molecule has 0 aromatic heterocycles. The van der Waals surface area contributed by atoms with Crippen molar-refractivity contribution < 1.29 is 19.4 Å². The normalized spacial score (nSPS) is 12.6. The minimum absolute atomic E-state index is 0.00321. The molecule has 0 aliphatic carbocycles. The van der Waals surface area contributed by atoms with Crippen LogP contribution in [0.25, 0.3) is 0 Å². The number of hydrogen-bond acceptors (Lipinski definition) is 3. The van der Waals surface area contributed by atoms with Gasteiger partial charge in [-0.05, 0) is 44.9 Å². The lowest BCUT2D eigenvalue weighted by Crippen LogP contribution is -2.37. The van der Waals surface area contributed by atoms with Crippen LogP contribution >= 0.6 is 11.6 Å². The second-order valence-electron chi connectivity index (χ2n) is 5.75. The van der Waals surface area contributed by atoms with Gasteiger partial charge in [-0.1, -0.05) is 23.7 Å². The molecule has 116 valence electrons. The number of benzene rings is 1. The number of aliphatic carboxylic acids is 1. The Morgan fingerprint density at radius 1 is 1.38 bits per heavy atom. The van der Waals surface area contributed by atoms with Crippen LogP contribution in [0.15, 0.2) is 24.3 Å². The maximum absolute atomic E-state index is 11.5. The van der Waals surface area contributed by atoms with E-state index >= 15 is 0 Å². The first-order valence-corrected chi connectivity index (χ1v) is 6.99. The molecule has 6 heteroatoms. The second kappa shape index (κ2) is 7.31. The van der Waals surface area contributed by atoms with E-state index in [0.29, 0.717) is 5.02 Å². The molecule has 0 radical (unpaired) electrons. The van der Waals surface area contributed by atoms with Gasteiger partial charge in [-0.25, -0.2) is 4.79 Å². The van der Waals surface area contributed by atoms with Crippen molar-refractivity contribution in [2.24, 2.45) is 5.92 Å². The number of hydrogen-bond donors (Lipinski definition) is 2. The maximum Gasteiger partial charge on any atom is 0.407 e. The third-order valence-corrected chi connectivity index (χ3v) is 2.85. The van der Waals surface area contributed by atoms with E-state index in [2.05, 4.69) is 5.32 Å². The number of amides is 1. The Morgan fingerprint density at radius 3 is 2.57 bits per heavy atom. The summed E-state index contributed by atoms with van der Waals surface area (Å²) in [5.74, 6) is -1.72. The molecule has 0 bridgehead atoms. The first kappa shape index (κ1) is 17.3. The van der Waals surface area contributed by atoms with Crippen LogP contribution in [-0.2, 0) is 16.0 Å². The maximum atomic E-state index is 11.5. The Bertz CT molecular complexity index is 511. The largest absolute Gasteiger partial charge is 0.481 e. The standard InChI is InChI=1S/C15H20ClNO4/c1-15(2,3)21-14(20)17-9-11(13(18)19)7-10-5-4-6-12(16)8-10/h4-6,8,11H,7,9H2,1-3H3,(H,17,20)(H,18,19)/t11-/m0/s1. The van der Waals surface area contributed by atoms with E-state index < -0.39 is 23.6 Å². The lowest BCUT2D eigenvalue weighted by molar-refractivity contribution is -0.141. The van der Waals surface area contributed by atoms with E-state index in [4.69, 9.17) is 16.3 Å². The Balaban J connectivity index is 2.59. The van der Waals surface area contributed by atoms with E-state index in [1.807, 2.05) is 0 Å². The zero-order valence-electron chi connectivity index (χ0n) is 12.4. The van der Waals surface area contributed by atoms with Crippen LogP contribution in [0.2, 0.25) is 5.02 Å². The fourth-order valence-electron chi connectivity index (χ4n) is 1.72. The zero-order valence-corrected chi connectivity index (χ0v) is 13.1. The van der Waals surface area contributed by atoms with Crippen molar-refractivity contribution in [2.45, 2.75) is 32.8 Å². The molecule has 0 saturated carbocycles. The topological polar surface area (TPSA) is 75.6 Å². The van der Waals surface area contributed by atoms with Gasteiger partial charge in [0, 0.05) is 11.6 Å². The molecule has 0 aliphatic rings. The molecular formula is C15H20ClNO4. The third-order valence-electron chi connectivity index (χ3n) is 2.61. The molecule has 1 amide bonds. The smallest absolute Gasteiger partial charge is 0.407 e. The number of halogens is 1. The summed E-state index contributed by atoms with van der Waals surface area (Å²) in [7, 11) is 0. The molecule has 1 atom stereocenters. The van der Waals surface area contributed by atoms with Crippen LogP contribution in [0.1, 0.15) is 26.3 Å². The van der Waals surface area contributed by atoms with Gasteiger partial charge < -0.3 is 15.2 Å². The Labute approximate surface area is 129 Å². The molecule has 0 unspecified atom stereocenters. The molecule has 1 rings (SSSR count). The van der Waals surface area contributed by atoms with Crippen molar-refractivity contribution in [2.75, 3.05) is 6.54 Å². The molecule has 0 spiro atoms. The summed E-state index contributed by atoms with van der Waals surface area (Å²) in [5, 5.41) is 12.3. The number of carboxylic acids is 1. The quantitative estimate of drug-likeness (QED) is 0.875. The summed E-state index contributed by atoms with van der Waals surface area (Å²) in [6.45, 7) is 5.23. The van der Waals surface area contributed by atoms with Crippen LogP contribution in [0.4, 0.5) is 4.79 Å². The molecular weight excluding hydrogens is 294 g/mol. The van der Waals surface area contributed by atoms with Crippen molar-refractivity contribution in [3.63, 3.8) is 0 Å². The summed E-state index contributed by atoms with van der Waals surface area (Å²) < 4.78 is 5.07. The molecule has 0 fully saturated rings. The van der Waals surface area contributed by atoms with Gasteiger partial charge in [-0.3, -0.25) is 4.79 Å². The van der Waals surface area contributed by atoms with E-state index in [1.54, 1.807) is 45.0 Å². The van der Waals surface area contributed by atoms with Crippen molar-refractivity contribution >= 4 is 23.7 Å². The van der Waals surface area contributed by atoms with Gasteiger partial charge in [-0.2, -0.15) is 0 Å². The fraction of sp³-hybridized carbons (Fsp3) is 0.467. The number of carboxylic acid groups (broad SMARTS) is 1. The number of carbonyl (C=O) groups is 2. The molecule has 1 aromatic carbocycles. The van der Waals surface area contributed by atoms with Crippen molar-refractivity contribution in [1.29, 1.82) is 0 Å². The average molecular weight is 314 g/mol. The SMILES string of the molecule is CC(C)(C)OC(=O)NC[C@H](Cc1cccc(Cl)c1)C(=O)O. The number of nitrogens with one attached hydrogen (secondary N) is 1. The summed E-state index contributed by atoms with van der Waals surface area (Å²) in [6.07, 6.45) is -0.342. The van der Waals surface area contributed by atoms with Crippen molar-refractivity contribution in [3.05, 3.63) is 34.9 Å². The molecule has 1 aromatic rings. The van der Waals surface area contributed by atoms with Crippen LogP contribution in [-0.4, -0.2) is 29.3 Å². The highest BCUT2D eigenvalue weighted by Crippen LogP contribution is 2.15. The summed E-state index contributed by atoms with van der Waals surface area (Å²) in [5.41, 5.74) is 0.191. The average Bonchev–Trinajstić information content (AvgIpc) is 2.32. The van der Waals surface area contributed by atoms with Gasteiger partial charge in [0.1, 0.15) is 5.60 Å². The summed E-state index contributed by atoms with van der Waals surface area (Å²) in [4.78, 5) is 22.8. The molecule has 0 aliphatic heterocycles. The Morgan fingerprint density at radius 2 is 2.05 bits per heavy atom. The summed E-state index contributed by atoms with van der Waals surface area (Å²) in [6, 6.07) is 7.00. The van der Waals surface area contributed by atoms with E-state index in [-0.39, 0.29) is 13.0 Å². The Hall–Kier alpha value is -1.75. The van der Waals surface area contributed by atoms with Crippen LogP contribution < -0.4 is 5.32 Å². The van der Waals surface area contributed by atoms with Gasteiger partial charge in [-0.15, -0.1) is 0 Å². The Kier molecular flexibility index (Phi) is 6.03. The number of carbonyl (C=O) groups excluding carboxylic acids is 1. The predicted molar refractivity (Wildman–Crippen MR) is 80.5 cm³/mol. The first-order chi connectivity index (χ1) is 9.67. The second-order valence-corrected chi connectivity index (χ2v) is 6.19. The van der Waals surface area contributed by atoms with Crippen molar-refractivity contribution in [1.82, 2.24) is 5.32 Å². The lowest BCUT2D eigenvalue weighted by Gasteiger charge is -2.21. The predicted octanol–water partition coefficient (Wildman–Crippen LogP) is 3.11. The lowest BCUT2D eigenvalue weighted by atomic mass is 9.99. The summed E-state index contributed by atoms with van der Waals surface area (Å²) >= 11 is 5.87. The van der Waals surface area contributed by atoms with Crippen LogP contribution in [0.5, 0.6) is 0 Å². The molecule has 5 nitrogen and oxygen atoms in total. The number of alkyl carbamates (subject to hydrolysis) is 1. The third kappa shape index (κ3) is 6.99. The zero-order chi connectivity index (χ0) is 16.0. The molecule has 0 heterocycles. The highest BCUT2D eigenvalue weighted by Gasteiger charge is 2.21. The van der Waals surface area contributed by atoms with Gasteiger partial charge in [0.2, 0.25) is 0 Å². The van der Waals surface area contributed by atoms with E-state index in [1.165, 1.54) is 0 Å². The van der Waals surface area contributed by atoms with Gasteiger partial charge in [0.25, 0.3) is 0 Å². The highest BCUT2D eigenvalue weighted by atomic mass is 35.5. The van der Waals surface area contributed by atoms with E-state index in [0.717, 1.165) is 5.56 Å². The highest BCUT2D eigenvalue weighted by molar-refractivity contribution is 6.30. The van der Waals surface area contributed by atoms with Crippen LogP contribution in [0, 0.1) is 5.92 Å². The molecule has 2 N–H and O–H groups in total. The minimum Gasteiger partial charge on any atom is -0.481 e. The molecule has 21 heavy (non-hydrogen) atoms. The number of ether oxygens (including phenoxy) is 1. The van der Waals surface area contributed by atoms with Gasteiger partial charge in [0.05, 0.1) is 5.92 Å². The fourth-order valence-corrected chi connectivity index (χ4v) is 1.93. The first-order valence-electron chi connectivity index (χ1n) is 6.61. The van der Waals surface area contributed by atoms with Gasteiger partial charge >= 0.3 is 12.1 Å². The molecule has 0 saturated heterocycles. The monoisotopic (exact) mass is 313 g/mol. The van der Waals surface area contributed by atoms with Gasteiger partial charge in [0.15, 0.2) is 0 Å². The minimum atomic E-state index is -0.981. The van der Waals surface area contributed by atoms with Crippen LogP contribution in [0.3, 0.4) is 0 Å².